The third-order valence-corrected chi connectivity index (χ3v) is 12.6. The van der Waals surface area contributed by atoms with Crippen molar-refractivity contribution in [2.75, 3.05) is 17.2 Å². The van der Waals surface area contributed by atoms with Crippen LogP contribution in [-0.2, 0) is 35.3 Å². The number of pyridine rings is 1. The van der Waals surface area contributed by atoms with Crippen LogP contribution in [-0.4, -0.2) is 23.8 Å². The lowest BCUT2D eigenvalue weighted by atomic mass is 9.90. The highest BCUT2D eigenvalue weighted by Crippen LogP contribution is 2.26. The van der Waals surface area contributed by atoms with Crippen molar-refractivity contribution in [3.8, 4) is 0 Å². The summed E-state index contributed by atoms with van der Waals surface area (Å²) >= 11 is 5.73. The van der Waals surface area contributed by atoms with Gasteiger partial charge < -0.3 is 9.47 Å². The molecular formula is C67H86ClN3O4. The largest absolute Gasteiger partial charge is 0.449 e. The maximum Gasteiger partial charge on any atom is 0.411 e. The van der Waals surface area contributed by atoms with Gasteiger partial charge >= 0.3 is 12.2 Å². The zero-order chi connectivity index (χ0) is 55.3. The molecule has 0 aliphatic rings. The summed E-state index contributed by atoms with van der Waals surface area (Å²) in [5.41, 5.74) is 16.4. The predicted octanol–water partition coefficient (Wildman–Crippen LogP) is 19.4. The minimum atomic E-state index is -0.439. The molecule has 2 amide bonds. The van der Waals surface area contributed by atoms with Gasteiger partial charge in [-0.05, 0) is 148 Å². The summed E-state index contributed by atoms with van der Waals surface area (Å²) in [5, 5.41) is 6.10. The Morgan fingerprint density at radius 2 is 0.920 bits per heavy atom. The molecular weight excluding hydrogens is 946 g/mol. The number of aromatic nitrogens is 1. The van der Waals surface area contributed by atoms with E-state index in [2.05, 4.69) is 185 Å². The molecule has 7 rings (SSSR count). The van der Waals surface area contributed by atoms with E-state index in [0.29, 0.717) is 41.2 Å². The van der Waals surface area contributed by atoms with Crippen LogP contribution in [0.4, 0.5) is 21.0 Å². The van der Waals surface area contributed by atoms with Crippen LogP contribution in [0.25, 0.3) is 0 Å². The van der Waals surface area contributed by atoms with Crippen LogP contribution in [0.1, 0.15) is 174 Å². The molecule has 0 aliphatic heterocycles. The fourth-order valence-corrected chi connectivity index (χ4v) is 8.60. The summed E-state index contributed by atoms with van der Waals surface area (Å²) in [5.74, 6) is 2.79. The molecule has 0 atom stereocenters. The molecule has 1 aromatic heterocycles. The van der Waals surface area contributed by atoms with Gasteiger partial charge in [-0.25, -0.2) is 9.59 Å². The topological polar surface area (TPSA) is 89.5 Å². The molecule has 0 radical (unpaired) electrons. The molecule has 0 aliphatic carbocycles. The van der Waals surface area contributed by atoms with E-state index in [1.54, 1.807) is 11.8 Å². The van der Waals surface area contributed by atoms with Gasteiger partial charge in [0.05, 0.1) is 11.6 Å². The molecule has 6 aromatic carbocycles. The summed E-state index contributed by atoms with van der Waals surface area (Å²) in [7, 11) is 0. The number of nitrogens with one attached hydrogen (secondary N) is 2. The average molecular weight is 1030 g/mol. The van der Waals surface area contributed by atoms with Crippen LogP contribution in [0.5, 0.6) is 0 Å². The Morgan fingerprint density at radius 1 is 0.480 bits per heavy atom. The van der Waals surface area contributed by atoms with Gasteiger partial charge in [-0.1, -0.05) is 216 Å². The first kappa shape index (κ1) is 62.6. The number of anilines is 2. The Morgan fingerprint density at radius 3 is 1.35 bits per heavy atom. The zero-order valence-electron chi connectivity index (χ0n) is 47.5. The first-order chi connectivity index (χ1) is 35.8. The standard InChI is InChI=1S/C18H21NO2.C17H19NO2.C13H20.C11H16.C8H10ClN/c1-14(2)16-8-6-7-15(13-16)11-12-21-18(20)19-17-9-4-3-5-10-17;1-13(2)15-8-6-7-14(11-15)12-20-17(19)18-16-9-4-3-5-10-16;1-5-11-8-7-9-12(6-2)13(11)10(3)4;1-8(2)11-9(3)6-5-7-10(11)4;1-6(2)7-3-8(9)5-10-4-7/h3-10,13-14H,11-12H2,1-2H3,(H,19,20);3-11,13H,12H2,1-2H3,(H,18,19);7-10H,5-6H2,1-4H3;5-8H,1-4H3;3-6H,1-2H3. The van der Waals surface area contributed by atoms with Gasteiger partial charge in [0.25, 0.3) is 0 Å². The number of aryl methyl sites for hydroxylation is 4. The highest BCUT2D eigenvalue weighted by molar-refractivity contribution is 6.30. The van der Waals surface area contributed by atoms with Gasteiger partial charge in [0.1, 0.15) is 6.61 Å². The number of benzene rings is 6. The number of carbonyl (C=O) groups excluding carboxylic acids is 2. The number of amides is 2. The van der Waals surface area contributed by atoms with E-state index in [4.69, 9.17) is 21.1 Å². The first-order valence-electron chi connectivity index (χ1n) is 26.8. The minimum absolute atomic E-state index is 0.277. The number of para-hydroxylation sites is 2. The molecule has 1 heterocycles. The van der Waals surface area contributed by atoms with Gasteiger partial charge in [0.2, 0.25) is 0 Å². The number of ether oxygens (including phenoxy) is 2. The van der Waals surface area contributed by atoms with Crippen molar-refractivity contribution in [2.24, 2.45) is 0 Å². The van der Waals surface area contributed by atoms with Crippen molar-refractivity contribution < 1.29 is 19.1 Å². The Bertz CT molecular complexity index is 2690. The summed E-state index contributed by atoms with van der Waals surface area (Å²) in [4.78, 5) is 27.3. The van der Waals surface area contributed by atoms with Crippen LogP contribution >= 0.6 is 11.6 Å². The summed E-state index contributed by atoms with van der Waals surface area (Å²) < 4.78 is 10.4. The van der Waals surface area contributed by atoms with Gasteiger partial charge in [0, 0.05) is 30.2 Å². The van der Waals surface area contributed by atoms with Crippen molar-refractivity contribution in [2.45, 2.75) is 152 Å². The maximum absolute atomic E-state index is 11.7. The molecule has 0 saturated carbocycles. The third kappa shape index (κ3) is 23.6. The third-order valence-electron chi connectivity index (χ3n) is 12.4. The first-order valence-corrected chi connectivity index (χ1v) is 27.1. The summed E-state index contributed by atoms with van der Waals surface area (Å²) in [6.45, 7) is 31.4. The van der Waals surface area contributed by atoms with Crippen LogP contribution in [0, 0.1) is 13.8 Å². The smallest absolute Gasteiger partial charge is 0.411 e. The van der Waals surface area contributed by atoms with E-state index in [-0.39, 0.29) is 6.61 Å². The maximum atomic E-state index is 11.7. The van der Waals surface area contributed by atoms with Gasteiger partial charge in [-0.15, -0.1) is 0 Å². The monoisotopic (exact) mass is 1030 g/mol. The average Bonchev–Trinajstić information content (AvgIpc) is 3.39. The molecule has 7 aromatic rings. The van der Waals surface area contributed by atoms with E-state index >= 15 is 0 Å². The van der Waals surface area contributed by atoms with Crippen LogP contribution in [0.3, 0.4) is 0 Å². The number of hydrogen-bond donors (Lipinski definition) is 2. The molecule has 0 spiro atoms. The lowest BCUT2D eigenvalue weighted by Gasteiger charge is -2.16. The van der Waals surface area contributed by atoms with E-state index in [1.807, 2.05) is 85.1 Å². The van der Waals surface area contributed by atoms with E-state index in [9.17, 15) is 9.59 Å². The molecule has 0 fully saturated rings. The number of carbonyl (C=O) groups is 2. The van der Waals surface area contributed by atoms with Crippen molar-refractivity contribution in [1.29, 1.82) is 0 Å². The SMILES string of the molecule is CC(C)c1cccc(CCOC(=O)Nc2ccccc2)c1.CC(C)c1cccc(COC(=O)Nc2ccccc2)c1.CC(C)c1cncc(Cl)c1.CCc1cccc(CC)c1C(C)C.Cc1cccc(C)c1C(C)C. The summed E-state index contributed by atoms with van der Waals surface area (Å²) in [6.07, 6.45) is 5.67. The minimum Gasteiger partial charge on any atom is -0.449 e. The van der Waals surface area contributed by atoms with Crippen molar-refractivity contribution in [3.63, 3.8) is 0 Å². The second-order valence-electron chi connectivity index (χ2n) is 20.1. The Balaban J connectivity index is 0.000000255. The predicted molar refractivity (Wildman–Crippen MR) is 319 cm³/mol. The van der Waals surface area contributed by atoms with Gasteiger partial charge in [-0.3, -0.25) is 15.6 Å². The Kier molecular flexibility index (Phi) is 28.4. The molecule has 2 N–H and O–H groups in total. The highest BCUT2D eigenvalue weighted by Gasteiger charge is 2.10. The van der Waals surface area contributed by atoms with E-state index in [0.717, 1.165) is 36.2 Å². The van der Waals surface area contributed by atoms with E-state index < -0.39 is 12.2 Å². The second kappa shape index (κ2) is 34.0. The van der Waals surface area contributed by atoms with Crippen molar-refractivity contribution in [3.05, 3.63) is 230 Å². The zero-order valence-corrected chi connectivity index (χ0v) is 48.2. The number of nitrogens with zero attached hydrogens (tertiary/aromatic N) is 1. The van der Waals surface area contributed by atoms with Gasteiger partial charge in [-0.2, -0.15) is 0 Å². The normalized spacial score (nSPS) is 10.5. The molecule has 75 heavy (non-hydrogen) atoms. The lowest BCUT2D eigenvalue weighted by Crippen LogP contribution is -2.15. The highest BCUT2D eigenvalue weighted by atomic mass is 35.5. The molecule has 0 unspecified atom stereocenters. The van der Waals surface area contributed by atoms with Gasteiger partial charge in [0.15, 0.2) is 0 Å². The molecule has 400 valence electrons. The van der Waals surface area contributed by atoms with Crippen molar-refractivity contribution >= 4 is 35.2 Å². The fraction of sp³-hybridized carbons (Fsp3) is 0.358. The summed E-state index contributed by atoms with van der Waals surface area (Å²) in [6, 6.07) is 50.2. The number of hydrogen-bond acceptors (Lipinski definition) is 5. The molecule has 7 nitrogen and oxygen atoms in total. The molecule has 0 saturated heterocycles. The van der Waals surface area contributed by atoms with E-state index in [1.165, 1.54) is 50.1 Å². The molecule has 0 bridgehead atoms. The Labute approximate surface area is 456 Å². The Hall–Kier alpha value is -6.70. The van der Waals surface area contributed by atoms with Crippen LogP contribution in [0.2, 0.25) is 5.02 Å². The van der Waals surface area contributed by atoms with Crippen LogP contribution < -0.4 is 10.6 Å². The molecule has 8 heteroatoms. The second-order valence-corrected chi connectivity index (χ2v) is 20.6. The van der Waals surface area contributed by atoms with Crippen LogP contribution in [0.15, 0.2) is 164 Å². The lowest BCUT2D eigenvalue weighted by molar-refractivity contribution is 0.155. The van der Waals surface area contributed by atoms with Crippen molar-refractivity contribution in [1.82, 2.24) is 4.98 Å². The number of rotatable bonds is 14. The fourth-order valence-electron chi connectivity index (χ4n) is 8.42. The number of halogens is 1. The quantitative estimate of drug-likeness (QED) is 0.113.